The van der Waals surface area contributed by atoms with Gasteiger partial charge < -0.3 is 4.90 Å². The summed E-state index contributed by atoms with van der Waals surface area (Å²) in [6.07, 6.45) is 3.14. The second-order valence-electron chi connectivity index (χ2n) is 6.97. The molecule has 2 unspecified atom stereocenters. The molecule has 0 N–H and O–H groups in total. The van der Waals surface area contributed by atoms with Crippen LogP contribution in [0.5, 0.6) is 0 Å². The van der Waals surface area contributed by atoms with Gasteiger partial charge in [-0.05, 0) is 56.6 Å². The molecule has 0 spiro atoms. The fourth-order valence-electron chi connectivity index (χ4n) is 4.26. The van der Waals surface area contributed by atoms with Crippen molar-refractivity contribution < 1.29 is 4.79 Å². The fourth-order valence-corrected chi connectivity index (χ4v) is 4.26. The maximum atomic E-state index is 13.1. The van der Waals surface area contributed by atoms with Crippen LogP contribution in [-0.4, -0.2) is 60.5 Å². The number of nitrogens with zero attached hydrogens (tertiary/aromatic N) is 4. The molecule has 0 radical (unpaired) electrons. The summed E-state index contributed by atoms with van der Waals surface area (Å²) in [5, 5.41) is 8.95. The first kappa shape index (κ1) is 17.9. The van der Waals surface area contributed by atoms with Crippen LogP contribution < -0.4 is 4.90 Å². The van der Waals surface area contributed by atoms with Crippen molar-refractivity contribution in [3.8, 4) is 6.07 Å². The minimum Gasteiger partial charge on any atom is -0.311 e. The molecule has 2 atom stereocenters. The van der Waals surface area contributed by atoms with Gasteiger partial charge in [0.25, 0.3) is 0 Å². The quantitative estimate of drug-likeness (QED) is 0.826. The number of carbonyl (C=O) groups is 1. The van der Waals surface area contributed by atoms with Crippen molar-refractivity contribution in [3.63, 3.8) is 0 Å². The Morgan fingerprint density at radius 3 is 2.52 bits per heavy atom. The molecule has 3 rings (SSSR count). The molecule has 2 aliphatic heterocycles. The summed E-state index contributed by atoms with van der Waals surface area (Å²) < 4.78 is 0. The Morgan fingerprint density at radius 2 is 1.88 bits per heavy atom. The Balaban J connectivity index is 1.69. The van der Waals surface area contributed by atoms with Crippen molar-refractivity contribution in [2.75, 3.05) is 37.6 Å². The predicted octanol–water partition coefficient (Wildman–Crippen LogP) is 2.47. The van der Waals surface area contributed by atoms with E-state index < -0.39 is 0 Å². The van der Waals surface area contributed by atoms with Gasteiger partial charge in [0.05, 0.1) is 17.7 Å². The van der Waals surface area contributed by atoms with Gasteiger partial charge >= 0.3 is 0 Å². The maximum absolute atomic E-state index is 13.1. The van der Waals surface area contributed by atoms with Crippen LogP contribution in [0.3, 0.4) is 0 Å². The molecule has 5 nitrogen and oxygen atoms in total. The topological polar surface area (TPSA) is 50.6 Å². The number of carbonyl (C=O) groups excluding carboxylic acids is 1. The van der Waals surface area contributed by atoms with E-state index in [0.717, 1.165) is 57.7 Å². The van der Waals surface area contributed by atoms with E-state index in [-0.39, 0.29) is 11.9 Å². The molecule has 0 aromatic heterocycles. The summed E-state index contributed by atoms with van der Waals surface area (Å²) in [5.41, 5.74) is 1.54. The van der Waals surface area contributed by atoms with Crippen molar-refractivity contribution in [1.29, 1.82) is 5.26 Å². The third kappa shape index (κ3) is 3.70. The largest absolute Gasteiger partial charge is 0.311 e. The van der Waals surface area contributed by atoms with Gasteiger partial charge in [0.2, 0.25) is 5.91 Å². The molecule has 2 saturated heterocycles. The maximum Gasteiger partial charge on any atom is 0.244 e. The zero-order valence-electron chi connectivity index (χ0n) is 15.3. The van der Waals surface area contributed by atoms with Crippen LogP contribution in [0.4, 0.5) is 5.69 Å². The molecule has 2 fully saturated rings. The van der Waals surface area contributed by atoms with Gasteiger partial charge in [-0.2, -0.15) is 5.26 Å². The van der Waals surface area contributed by atoms with Gasteiger partial charge in [-0.1, -0.05) is 13.8 Å². The molecule has 5 heteroatoms. The highest BCUT2D eigenvalue weighted by Crippen LogP contribution is 2.27. The van der Waals surface area contributed by atoms with Gasteiger partial charge in [0.1, 0.15) is 0 Å². The SMILES string of the molecule is CCN(CC)C1CCN(C2CCCN(c3ccc(C#N)cc3)C2=O)C1. The van der Waals surface area contributed by atoms with E-state index in [1.54, 1.807) is 12.1 Å². The van der Waals surface area contributed by atoms with E-state index in [0.29, 0.717) is 11.6 Å². The molecule has 0 aliphatic carbocycles. The molecule has 2 aliphatic rings. The second-order valence-corrected chi connectivity index (χ2v) is 6.97. The number of amides is 1. The van der Waals surface area contributed by atoms with Gasteiger partial charge in [0.15, 0.2) is 0 Å². The van der Waals surface area contributed by atoms with Crippen LogP contribution in [0.2, 0.25) is 0 Å². The minimum atomic E-state index is 0.00459. The van der Waals surface area contributed by atoms with Crippen molar-refractivity contribution in [2.45, 2.75) is 45.2 Å². The van der Waals surface area contributed by atoms with Gasteiger partial charge in [-0.3, -0.25) is 14.6 Å². The molecule has 1 aromatic rings. The van der Waals surface area contributed by atoms with Crippen LogP contribution in [0, 0.1) is 11.3 Å². The first-order chi connectivity index (χ1) is 12.2. The van der Waals surface area contributed by atoms with Crippen molar-refractivity contribution >= 4 is 11.6 Å². The van der Waals surface area contributed by atoms with Gasteiger partial charge in [-0.15, -0.1) is 0 Å². The summed E-state index contributed by atoms with van der Waals surface area (Å²) in [4.78, 5) is 19.9. The molecule has 134 valence electrons. The Bertz CT molecular complexity index is 632. The summed E-state index contributed by atoms with van der Waals surface area (Å²) in [6.45, 7) is 9.36. The van der Waals surface area contributed by atoms with Crippen LogP contribution >= 0.6 is 0 Å². The van der Waals surface area contributed by atoms with Gasteiger partial charge in [-0.25, -0.2) is 0 Å². The molecule has 1 amide bonds. The lowest BCUT2D eigenvalue weighted by Gasteiger charge is -2.37. The summed E-state index contributed by atoms with van der Waals surface area (Å²) in [7, 11) is 0. The minimum absolute atomic E-state index is 0.00459. The van der Waals surface area contributed by atoms with Gasteiger partial charge in [0, 0.05) is 31.4 Å². The molecular weight excluding hydrogens is 312 g/mol. The Kier molecular flexibility index (Phi) is 5.72. The van der Waals surface area contributed by atoms with Crippen LogP contribution in [-0.2, 0) is 4.79 Å². The van der Waals surface area contributed by atoms with Crippen molar-refractivity contribution in [2.24, 2.45) is 0 Å². The normalized spacial score (nSPS) is 24.7. The number of benzene rings is 1. The zero-order valence-corrected chi connectivity index (χ0v) is 15.3. The third-order valence-corrected chi connectivity index (χ3v) is 5.68. The first-order valence-electron chi connectivity index (χ1n) is 9.47. The highest BCUT2D eigenvalue weighted by molar-refractivity contribution is 5.98. The number of likely N-dealkylation sites (N-methyl/N-ethyl adjacent to an activating group) is 1. The molecule has 0 saturated carbocycles. The Morgan fingerprint density at radius 1 is 1.16 bits per heavy atom. The highest BCUT2D eigenvalue weighted by atomic mass is 16.2. The van der Waals surface area contributed by atoms with E-state index in [9.17, 15) is 4.79 Å². The van der Waals surface area contributed by atoms with E-state index in [2.05, 4.69) is 29.7 Å². The lowest BCUT2D eigenvalue weighted by molar-refractivity contribution is -0.125. The van der Waals surface area contributed by atoms with E-state index in [1.807, 2.05) is 17.0 Å². The molecule has 0 bridgehead atoms. The molecular formula is C20H28N4O. The Labute approximate surface area is 150 Å². The zero-order chi connectivity index (χ0) is 17.8. The fraction of sp³-hybridized carbons (Fsp3) is 0.600. The molecule has 2 heterocycles. The lowest BCUT2D eigenvalue weighted by Crippen LogP contribution is -2.52. The van der Waals surface area contributed by atoms with Crippen LogP contribution in [0.1, 0.15) is 38.7 Å². The second kappa shape index (κ2) is 7.99. The first-order valence-corrected chi connectivity index (χ1v) is 9.47. The van der Waals surface area contributed by atoms with Crippen molar-refractivity contribution in [1.82, 2.24) is 9.80 Å². The lowest BCUT2D eigenvalue weighted by atomic mass is 10.0. The molecule has 1 aromatic carbocycles. The summed E-state index contributed by atoms with van der Waals surface area (Å²) in [5.74, 6) is 0.219. The number of likely N-dealkylation sites (tertiary alicyclic amines) is 1. The average molecular weight is 340 g/mol. The Hall–Kier alpha value is -1.90. The smallest absolute Gasteiger partial charge is 0.244 e. The third-order valence-electron chi connectivity index (χ3n) is 5.68. The van der Waals surface area contributed by atoms with E-state index in [1.165, 1.54) is 0 Å². The number of hydrogen-bond donors (Lipinski definition) is 0. The number of nitriles is 1. The van der Waals surface area contributed by atoms with Crippen LogP contribution in [0.15, 0.2) is 24.3 Å². The van der Waals surface area contributed by atoms with E-state index in [4.69, 9.17) is 5.26 Å². The number of anilines is 1. The predicted molar refractivity (Wildman–Crippen MR) is 99.4 cm³/mol. The summed E-state index contributed by atoms with van der Waals surface area (Å²) in [6, 6.07) is 10.1. The monoisotopic (exact) mass is 340 g/mol. The number of piperidine rings is 1. The van der Waals surface area contributed by atoms with E-state index >= 15 is 0 Å². The standard InChI is InChI=1S/C20H28N4O/c1-3-22(4-2)18-11-13-23(15-18)19-6-5-12-24(20(19)25)17-9-7-16(14-21)8-10-17/h7-10,18-19H,3-6,11-13,15H2,1-2H3. The van der Waals surface area contributed by atoms with Crippen molar-refractivity contribution in [3.05, 3.63) is 29.8 Å². The van der Waals surface area contributed by atoms with Crippen LogP contribution in [0.25, 0.3) is 0 Å². The number of hydrogen-bond acceptors (Lipinski definition) is 4. The number of rotatable bonds is 5. The highest BCUT2D eigenvalue weighted by Gasteiger charge is 2.38. The molecule has 25 heavy (non-hydrogen) atoms. The summed E-state index contributed by atoms with van der Waals surface area (Å²) >= 11 is 0. The average Bonchev–Trinajstić information content (AvgIpc) is 3.13.